The van der Waals surface area contributed by atoms with Crippen LogP contribution in [-0.2, 0) is 5.41 Å². The van der Waals surface area contributed by atoms with Gasteiger partial charge in [-0.3, -0.25) is 0 Å². The van der Waals surface area contributed by atoms with E-state index in [1.54, 1.807) is 0 Å². The van der Waals surface area contributed by atoms with Gasteiger partial charge in [-0.05, 0) is 29.4 Å². The molecule has 3 N–H and O–H groups in total. The van der Waals surface area contributed by atoms with Crippen molar-refractivity contribution in [3.05, 3.63) is 35.4 Å². The summed E-state index contributed by atoms with van der Waals surface area (Å²) in [4.78, 5) is 0. The largest absolute Gasteiger partial charge is 0.386 e. The van der Waals surface area contributed by atoms with Gasteiger partial charge in [-0.1, -0.05) is 64.3 Å². The highest BCUT2D eigenvalue weighted by molar-refractivity contribution is 5.30. The smallest absolute Gasteiger partial charge is 0.0969 e. The van der Waals surface area contributed by atoms with E-state index < -0.39 is 11.6 Å². The van der Waals surface area contributed by atoms with E-state index in [1.807, 2.05) is 12.1 Å². The van der Waals surface area contributed by atoms with Crippen LogP contribution in [0.15, 0.2) is 24.3 Å². The second-order valence-corrected chi connectivity index (χ2v) is 7.07. The van der Waals surface area contributed by atoms with Crippen LogP contribution >= 0.6 is 0 Å². The maximum Gasteiger partial charge on any atom is 0.0969 e. The van der Waals surface area contributed by atoms with Crippen LogP contribution < -0.4 is 5.73 Å². The molecule has 0 bridgehead atoms. The first-order valence-electron chi connectivity index (χ1n) is 7.40. The molecule has 0 aromatic heterocycles. The van der Waals surface area contributed by atoms with Crippen LogP contribution in [0.1, 0.15) is 70.1 Å². The lowest BCUT2D eigenvalue weighted by atomic mass is 9.76. The van der Waals surface area contributed by atoms with Gasteiger partial charge in [0.2, 0.25) is 0 Å². The van der Waals surface area contributed by atoms with Crippen LogP contribution in [0, 0.1) is 0 Å². The lowest BCUT2D eigenvalue weighted by Gasteiger charge is -2.38. The van der Waals surface area contributed by atoms with Crippen LogP contribution in [0.4, 0.5) is 0 Å². The molecule has 2 rings (SSSR count). The van der Waals surface area contributed by atoms with E-state index in [-0.39, 0.29) is 5.41 Å². The lowest BCUT2D eigenvalue weighted by Crippen LogP contribution is -2.47. The van der Waals surface area contributed by atoms with Crippen molar-refractivity contribution in [2.75, 3.05) is 0 Å². The Hall–Kier alpha value is -0.860. The fourth-order valence-electron chi connectivity index (χ4n) is 2.98. The third-order valence-electron chi connectivity index (χ3n) is 4.42. The van der Waals surface area contributed by atoms with Gasteiger partial charge in [0.25, 0.3) is 0 Å². The normalized spacial score (nSPS) is 21.1. The van der Waals surface area contributed by atoms with Gasteiger partial charge in [-0.2, -0.15) is 0 Å². The SMILES string of the molecule is CC(C)(C)c1ccc(C(O)C2(N)CCCCC2)cc1. The Morgan fingerprint density at radius 2 is 1.58 bits per heavy atom. The molecule has 19 heavy (non-hydrogen) atoms. The van der Waals surface area contributed by atoms with Gasteiger partial charge in [0, 0.05) is 5.54 Å². The number of benzene rings is 1. The van der Waals surface area contributed by atoms with Crippen molar-refractivity contribution in [2.45, 2.75) is 69.9 Å². The van der Waals surface area contributed by atoms with E-state index in [9.17, 15) is 5.11 Å². The van der Waals surface area contributed by atoms with E-state index in [0.29, 0.717) is 0 Å². The van der Waals surface area contributed by atoms with Gasteiger partial charge >= 0.3 is 0 Å². The Labute approximate surface area is 117 Å². The molecule has 1 aliphatic rings. The molecular weight excluding hydrogens is 234 g/mol. The maximum atomic E-state index is 10.6. The van der Waals surface area contributed by atoms with Crippen molar-refractivity contribution in [3.8, 4) is 0 Å². The van der Waals surface area contributed by atoms with Crippen molar-refractivity contribution >= 4 is 0 Å². The molecule has 1 fully saturated rings. The van der Waals surface area contributed by atoms with E-state index >= 15 is 0 Å². The summed E-state index contributed by atoms with van der Waals surface area (Å²) in [6.07, 6.45) is 4.82. The predicted octanol–water partition coefficient (Wildman–Crippen LogP) is 3.68. The zero-order valence-corrected chi connectivity index (χ0v) is 12.4. The first-order valence-corrected chi connectivity index (χ1v) is 7.40. The zero-order valence-electron chi connectivity index (χ0n) is 12.4. The summed E-state index contributed by atoms with van der Waals surface area (Å²) in [5.74, 6) is 0. The number of aliphatic hydroxyl groups excluding tert-OH is 1. The number of aliphatic hydroxyl groups is 1. The molecule has 2 nitrogen and oxygen atoms in total. The summed E-state index contributed by atoms with van der Waals surface area (Å²) in [6.45, 7) is 6.60. The lowest BCUT2D eigenvalue weighted by molar-refractivity contribution is 0.0587. The average molecular weight is 261 g/mol. The van der Waals surface area contributed by atoms with E-state index in [1.165, 1.54) is 12.0 Å². The van der Waals surface area contributed by atoms with Crippen molar-refractivity contribution in [1.82, 2.24) is 0 Å². The topological polar surface area (TPSA) is 46.2 Å². The highest BCUT2D eigenvalue weighted by Crippen LogP contribution is 2.36. The van der Waals surface area contributed by atoms with Gasteiger partial charge in [0.05, 0.1) is 6.10 Å². The molecule has 1 aromatic rings. The Kier molecular flexibility index (Phi) is 4.03. The van der Waals surface area contributed by atoms with Crippen LogP contribution in [-0.4, -0.2) is 10.6 Å². The fourth-order valence-corrected chi connectivity index (χ4v) is 2.98. The Morgan fingerprint density at radius 3 is 2.05 bits per heavy atom. The number of hydrogen-bond acceptors (Lipinski definition) is 2. The summed E-state index contributed by atoms with van der Waals surface area (Å²) in [7, 11) is 0. The molecule has 2 heteroatoms. The molecule has 106 valence electrons. The molecule has 0 heterocycles. The second-order valence-electron chi connectivity index (χ2n) is 7.07. The van der Waals surface area contributed by atoms with Crippen LogP contribution in [0.3, 0.4) is 0 Å². The molecule has 0 radical (unpaired) electrons. The molecule has 0 amide bonds. The molecule has 0 spiro atoms. The summed E-state index contributed by atoms with van der Waals surface area (Å²) < 4.78 is 0. The molecule has 1 atom stereocenters. The van der Waals surface area contributed by atoms with E-state index in [4.69, 9.17) is 5.73 Å². The molecular formula is C17H27NO. The first kappa shape index (κ1) is 14.5. The minimum atomic E-state index is -0.540. The average Bonchev–Trinajstić information content (AvgIpc) is 2.38. The molecule has 1 aromatic carbocycles. The summed E-state index contributed by atoms with van der Waals surface area (Å²) in [5.41, 5.74) is 8.37. The molecule has 1 aliphatic carbocycles. The highest BCUT2D eigenvalue weighted by atomic mass is 16.3. The number of nitrogens with two attached hydrogens (primary N) is 1. The van der Waals surface area contributed by atoms with Crippen molar-refractivity contribution in [1.29, 1.82) is 0 Å². The standard InChI is InChI=1S/C17H27NO/c1-16(2,3)14-9-7-13(8-10-14)15(19)17(18)11-5-4-6-12-17/h7-10,15,19H,4-6,11-12,18H2,1-3H3. The van der Waals surface area contributed by atoms with Gasteiger partial charge in [0.1, 0.15) is 0 Å². The molecule has 0 aliphatic heterocycles. The van der Waals surface area contributed by atoms with Gasteiger partial charge in [0.15, 0.2) is 0 Å². The Bertz CT molecular complexity index is 410. The van der Waals surface area contributed by atoms with Crippen LogP contribution in [0.5, 0.6) is 0 Å². The first-order chi connectivity index (χ1) is 8.83. The highest BCUT2D eigenvalue weighted by Gasteiger charge is 2.35. The predicted molar refractivity (Wildman–Crippen MR) is 80.1 cm³/mol. The van der Waals surface area contributed by atoms with E-state index in [0.717, 1.165) is 31.2 Å². The zero-order chi connectivity index (χ0) is 14.1. The van der Waals surface area contributed by atoms with Crippen molar-refractivity contribution in [3.63, 3.8) is 0 Å². The fraction of sp³-hybridized carbons (Fsp3) is 0.647. The van der Waals surface area contributed by atoms with E-state index in [2.05, 4.69) is 32.9 Å². The second kappa shape index (κ2) is 5.26. The monoisotopic (exact) mass is 261 g/mol. The maximum absolute atomic E-state index is 10.6. The minimum Gasteiger partial charge on any atom is -0.386 e. The van der Waals surface area contributed by atoms with Crippen LogP contribution in [0.25, 0.3) is 0 Å². The Balaban J connectivity index is 2.17. The third kappa shape index (κ3) is 3.18. The number of hydrogen-bond donors (Lipinski definition) is 2. The minimum absolute atomic E-state index is 0.148. The van der Waals surface area contributed by atoms with Crippen molar-refractivity contribution < 1.29 is 5.11 Å². The molecule has 0 saturated heterocycles. The molecule has 1 saturated carbocycles. The van der Waals surface area contributed by atoms with Crippen LogP contribution in [0.2, 0.25) is 0 Å². The molecule has 1 unspecified atom stereocenters. The summed E-state index contributed by atoms with van der Waals surface area (Å²) in [5, 5.41) is 10.6. The summed E-state index contributed by atoms with van der Waals surface area (Å²) in [6, 6.07) is 8.30. The van der Waals surface area contributed by atoms with Gasteiger partial charge in [-0.25, -0.2) is 0 Å². The third-order valence-corrected chi connectivity index (χ3v) is 4.42. The van der Waals surface area contributed by atoms with Gasteiger partial charge in [-0.15, -0.1) is 0 Å². The number of rotatable bonds is 2. The van der Waals surface area contributed by atoms with Gasteiger partial charge < -0.3 is 10.8 Å². The quantitative estimate of drug-likeness (QED) is 0.853. The summed E-state index contributed by atoms with van der Waals surface area (Å²) >= 11 is 0. The Morgan fingerprint density at radius 1 is 1.05 bits per heavy atom. The van der Waals surface area contributed by atoms with Crippen molar-refractivity contribution in [2.24, 2.45) is 5.73 Å².